The van der Waals surface area contributed by atoms with E-state index in [-0.39, 0.29) is 60.1 Å². The average Bonchev–Trinajstić information content (AvgIpc) is 3.55. The number of rotatable bonds is 6. The van der Waals surface area contributed by atoms with Crippen LogP contribution in [0.4, 0.5) is 0 Å². The van der Waals surface area contributed by atoms with E-state index in [1.54, 1.807) is 61.7 Å². The largest absolute Gasteiger partial charge is 0.458 e. The Morgan fingerprint density at radius 3 is 1.91 bits per heavy atom. The fourth-order valence-corrected chi connectivity index (χ4v) is 6.59. The number of fused-ring (bicyclic) bond motifs is 4. The minimum Gasteiger partial charge on any atom is -0.458 e. The van der Waals surface area contributed by atoms with Crippen LogP contribution in [-0.2, 0) is 23.7 Å². The van der Waals surface area contributed by atoms with Gasteiger partial charge >= 0.3 is 17.9 Å². The van der Waals surface area contributed by atoms with Crippen LogP contribution in [0.1, 0.15) is 46.9 Å². The number of ether oxygens (including phenoxy) is 4. The van der Waals surface area contributed by atoms with Crippen molar-refractivity contribution in [2.75, 3.05) is 13.7 Å². The zero-order chi connectivity index (χ0) is 33.6. The molecule has 10 atom stereocenters. The van der Waals surface area contributed by atoms with Crippen LogP contribution in [0, 0.1) is 23.7 Å². The van der Waals surface area contributed by atoms with E-state index < -0.39 is 18.3 Å². The van der Waals surface area contributed by atoms with Gasteiger partial charge in [-0.05, 0) is 43.7 Å². The van der Waals surface area contributed by atoms with E-state index in [2.05, 4.69) is 19.1 Å². The maximum atomic E-state index is 12.1. The summed E-state index contributed by atoms with van der Waals surface area (Å²) in [5, 5.41) is 26.8. The molecule has 10 nitrogen and oxygen atoms in total. The van der Waals surface area contributed by atoms with Crippen molar-refractivity contribution >= 4 is 17.9 Å². The molecule has 0 aromatic heterocycles. The summed E-state index contributed by atoms with van der Waals surface area (Å²) >= 11 is 0. The van der Waals surface area contributed by atoms with Crippen molar-refractivity contribution in [2.45, 2.75) is 62.3 Å². The molecule has 10 heteroatoms. The van der Waals surface area contributed by atoms with E-state index in [1.165, 1.54) is 0 Å². The van der Waals surface area contributed by atoms with E-state index in [0.29, 0.717) is 29.9 Å². The Labute approximate surface area is 274 Å². The molecule has 2 heterocycles. The van der Waals surface area contributed by atoms with Crippen LogP contribution in [-0.4, -0.2) is 83.1 Å². The minimum atomic E-state index is -0.593. The maximum absolute atomic E-state index is 12.1. The lowest BCUT2D eigenvalue weighted by Crippen LogP contribution is -2.45. The number of aliphatic hydroxyl groups is 3. The molecule has 0 spiro atoms. The molecule has 2 aromatic rings. The molecule has 0 amide bonds. The van der Waals surface area contributed by atoms with Gasteiger partial charge in [0.25, 0.3) is 0 Å². The highest BCUT2D eigenvalue weighted by Gasteiger charge is 2.55. The third-order valence-corrected chi connectivity index (χ3v) is 9.52. The van der Waals surface area contributed by atoms with Gasteiger partial charge in [-0.25, -0.2) is 9.59 Å². The third-order valence-electron chi connectivity index (χ3n) is 9.52. The van der Waals surface area contributed by atoms with E-state index in [4.69, 9.17) is 34.3 Å². The number of aliphatic hydroxyl groups excluding tert-OH is 3. The van der Waals surface area contributed by atoms with E-state index in [1.807, 2.05) is 30.3 Å². The number of esters is 3. The number of benzene rings is 2. The standard InChI is InChI=1S/C16H18O3.C14H12O4.C7H12O3/c1-16(18-2)12-8-9-13(16)14(10-12)19-15(17)11-6-4-3-5-7-11;15-13(9-4-2-1-3-5-9)18-12-8-10-6-7-11(12)17-14(10)16;8-4-5-1-2-6(9)3-7(5)10/h3-9,12-14H,10H2,1-2H3;1-7,10-12H,8H2;1-2,5-10H,3-4H2/t;;5?,6?,7-/m..0/s1. The summed E-state index contributed by atoms with van der Waals surface area (Å²) in [6.45, 7) is 2.04. The fourth-order valence-electron chi connectivity index (χ4n) is 6.59. The number of hydrogen-bond acceptors (Lipinski definition) is 10. The zero-order valence-electron chi connectivity index (χ0n) is 26.5. The second-order valence-electron chi connectivity index (χ2n) is 12.5. The zero-order valence-corrected chi connectivity index (χ0v) is 26.5. The Kier molecular flexibility index (Phi) is 11.1. The molecular weight excluding hydrogens is 604 g/mol. The van der Waals surface area contributed by atoms with Crippen molar-refractivity contribution < 1.29 is 48.7 Å². The van der Waals surface area contributed by atoms with Gasteiger partial charge in [-0.2, -0.15) is 0 Å². The van der Waals surface area contributed by atoms with Gasteiger partial charge in [-0.15, -0.1) is 0 Å². The minimum absolute atomic E-state index is 0.0512. The molecule has 4 bridgehead atoms. The van der Waals surface area contributed by atoms with Crippen LogP contribution in [0.3, 0.4) is 0 Å². The molecule has 3 N–H and O–H groups in total. The first-order valence-corrected chi connectivity index (χ1v) is 15.9. The Morgan fingerprint density at radius 2 is 1.43 bits per heavy atom. The maximum Gasteiger partial charge on any atom is 0.338 e. The second kappa shape index (κ2) is 15.2. The van der Waals surface area contributed by atoms with Gasteiger partial charge in [-0.1, -0.05) is 66.8 Å². The number of carbonyl (C=O) groups excluding carboxylic acids is 3. The van der Waals surface area contributed by atoms with Crippen molar-refractivity contribution in [3.8, 4) is 0 Å². The summed E-state index contributed by atoms with van der Waals surface area (Å²) in [4.78, 5) is 35.3. The monoisotopic (exact) mass is 646 g/mol. The summed E-state index contributed by atoms with van der Waals surface area (Å²) in [5.74, 6) is -0.810. The molecule has 47 heavy (non-hydrogen) atoms. The highest BCUT2D eigenvalue weighted by atomic mass is 16.6. The molecule has 0 radical (unpaired) electrons. The van der Waals surface area contributed by atoms with Gasteiger partial charge in [0, 0.05) is 37.7 Å². The SMILES string of the molecule is COC1(C)C2C=CC1C(OC(=O)c1ccccc1)C2.O=C(OC1CC2C=CC1OC2=O)c1ccccc1.OCC1C=CC(O)C[C@@H]1O. The summed E-state index contributed by atoms with van der Waals surface area (Å²) in [7, 11) is 1.73. The topological polar surface area (TPSA) is 149 Å². The highest BCUT2D eigenvalue weighted by molar-refractivity contribution is 5.90. The normalized spacial score (nSPS) is 34.0. The van der Waals surface area contributed by atoms with Gasteiger partial charge in [0.05, 0.1) is 41.5 Å². The van der Waals surface area contributed by atoms with Crippen molar-refractivity contribution in [2.24, 2.45) is 23.7 Å². The molecule has 4 aliphatic carbocycles. The molecule has 2 fully saturated rings. The van der Waals surface area contributed by atoms with Crippen LogP contribution in [0.2, 0.25) is 0 Å². The van der Waals surface area contributed by atoms with E-state index in [0.717, 1.165) is 6.42 Å². The van der Waals surface area contributed by atoms with Crippen molar-refractivity contribution in [1.82, 2.24) is 0 Å². The first kappa shape index (κ1) is 34.3. The summed E-state index contributed by atoms with van der Waals surface area (Å²) in [6.07, 6.45) is 10.9. The lowest BCUT2D eigenvalue weighted by atomic mass is 9.88. The Bertz CT molecular complexity index is 1470. The van der Waals surface area contributed by atoms with E-state index >= 15 is 0 Å². The smallest absolute Gasteiger partial charge is 0.338 e. The molecule has 8 rings (SSSR count). The molecule has 9 unspecified atom stereocenters. The average molecular weight is 647 g/mol. The van der Waals surface area contributed by atoms with Gasteiger partial charge in [0.2, 0.25) is 0 Å². The molecular formula is C37H42O10. The van der Waals surface area contributed by atoms with Crippen LogP contribution >= 0.6 is 0 Å². The number of methoxy groups -OCH3 is 1. The van der Waals surface area contributed by atoms with Gasteiger partial charge < -0.3 is 34.3 Å². The Hall–Kier alpha value is -4.09. The van der Waals surface area contributed by atoms with Crippen LogP contribution in [0.5, 0.6) is 0 Å². The molecule has 1 saturated carbocycles. The van der Waals surface area contributed by atoms with Gasteiger partial charge in [0.1, 0.15) is 12.2 Å². The second-order valence-corrected chi connectivity index (χ2v) is 12.5. The first-order chi connectivity index (χ1) is 22.6. The molecule has 1 saturated heterocycles. The predicted molar refractivity (Wildman–Crippen MR) is 171 cm³/mol. The quantitative estimate of drug-likeness (QED) is 0.240. The lowest BCUT2D eigenvalue weighted by Gasteiger charge is -2.36. The predicted octanol–water partition coefficient (Wildman–Crippen LogP) is 3.81. The molecule has 2 aliphatic heterocycles. The Morgan fingerprint density at radius 1 is 0.809 bits per heavy atom. The number of carbonyl (C=O) groups is 3. The van der Waals surface area contributed by atoms with Crippen LogP contribution in [0.25, 0.3) is 0 Å². The van der Waals surface area contributed by atoms with Gasteiger partial charge in [0.15, 0.2) is 6.10 Å². The summed E-state index contributed by atoms with van der Waals surface area (Å²) < 4.78 is 21.8. The summed E-state index contributed by atoms with van der Waals surface area (Å²) in [5.41, 5.74) is 0.893. The van der Waals surface area contributed by atoms with Crippen molar-refractivity contribution in [3.63, 3.8) is 0 Å². The third kappa shape index (κ3) is 7.90. The number of hydrogen-bond donors (Lipinski definition) is 3. The molecule has 250 valence electrons. The van der Waals surface area contributed by atoms with Crippen LogP contribution < -0.4 is 0 Å². The molecule has 6 aliphatic rings. The lowest BCUT2D eigenvalue weighted by molar-refractivity contribution is -0.167. The molecule has 2 aromatic carbocycles. The van der Waals surface area contributed by atoms with Gasteiger partial charge in [-0.3, -0.25) is 4.79 Å². The fraction of sp³-hybridized carbons (Fsp3) is 0.432. The van der Waals surface area contributed by atoms with Crippen LogP contribution in [0.15, 0.2) is 97.1 Å². The van der Waals surface area contributed by atoms with E-state index in [9.17, 15) is 14.4 Å². The first-order valence-electron chi connectivity index (χ1n) is 15.9. The Balaban J connectivity index is 0.000000145. The van der Waals surface area contributed by atoms with Crippen molar-refractivity contribution in [3.05, 3.63) is 108 Å². The van der Waals surface area contributed by atoms with Crippen molar-refractivity contribution in [1.29, 1.82) is 0 Å². The summed E-state index contributed by atoms with van der Waals surface area (Å²) in [6, 6.07) is 17.9. The highest BCUT2D eigenvalue weighted by Crippen LogP contribution is 2.50.